The normalized spacial score (nSPS) is 10.6. The highest BCUT2D eigenvalue weighted by molar-refractivity contribution is 7.99. The summed E-state index contributed by atoms with van der Waals surface area (Å²) >= 11 is 7.18. The standard InChI is InChI=1S/C20H21ClN4O2S/c1-25(17-9-3-2-4-10-17)12-6-11-22-18(26)14-28-20-24-23-19(27-20)15-7-5-8-16(21)13-15/h2-5,7-10,13H,6,11-12,14H2,1H3,(H,22,26). The van der Waals surface area contributed by atoms with Gasteiger partial charge in [-0.2, -0.15) is 0 Å². The fraction of sp³-hybridized carbons (Fsp3) is 0.250. The Morgan fingerprint density at radius 2 is 2.00 bits per heavy atom. The molecule has 0 atom stereocenters. The second-order valence-corrected chi connectivity index (χ2v) is 7.50. The van der Waals surface area contributed by atoms with Gasteiger partial charge in [-0.15, -0.1) is 10.2 Å². The van der Waals surface area contributed by atoms with Crippen molar-refractivity contribution in [2.24, 2.45) is 0 Å². The van der Waals surface area contributed by atoms with Crippen molar-refractivity contribution in [3.63, 3.8) is 0 Å². The Morgan fingerprint density at radius 1 is 1.18 bits per heavy atom. The number of anilines is 1. The lowest BCUT2D eigenvalue weighted by Crippen LogP contribution is -2.29. The molecule has 0 bridgehead atoms. The summed E-state index contributed by atoms with van der Waals surface area (Å²) in [6.07, 6.45) is 0.862. The first-order valence-corrected chi connectivity index (χ1v) is 10.2. The van der Waals surface area contributed by atoms with Crippen molar-refractivity contribution in [1.29, 1.82) is 0 Å². The minimum Gasteiger partial charge on any atom is -0.411 e. The first kappa shape index (κ1) is 20.2. The van der Waals surface area contributed by atoms with Crippen LogP contribution in [0.3, 0.4) is 0 Å². The van der Waals surface area contributed by atoms with E-state index in [1.54, 1.807) is 12.1 Å². The van der Waals surface area contributed by atoms with Crippen molar-refractivity contribution in [1.82, 2.24) is 15.5 Å². The van der Waals surface area contributed by atoms with E-state index in [1.807, 2.05) is 37.4 Å². The molecule has 0 saturated carbocycles. The molecule has 1 amide bonds. The highest BCUT2D eigenvalue weighted by Crippen LogP contribution is 2.24. The minimum atomic E-state index is -0.0603. The lowest BCUT2D eigenvalue weighted by atomic mass is 10.2. The van der Waals surface area contributed by atoms with Crippen LogP contribution >= 0.6 is 23.4 Å². The van der Waals surface area contributed by atoms with E-state index in [4.69, 9.17) is 16.0 Å². The van der Waals surface area contributed by atoms with E-state index in [9.17, 15) is 4.79 Å². The SMILES string of the molecule is CN(CCCNC(=O)CSc1nnc(-c2cccc(Cl)c2)o1)c1ccccc1. The second-order valence-electron chi connectivity index (χ2n) is 6.13. The number of nitrogens with zero attached hydrogens (tertiary/aromatic N) is 3. The molecule has 0 aliphatic rings. The van der Waals surface area contributed by atoms with Gasteiger partial charge in [0, 0.05) is 36.4 Å². The third-order valence-corrected chi connectivity index (χ3v) is 5.05. The number of carbonyl (C=O) groups excluding carboxylic acids is 1. The van der Waals surface area contributed by atoms with Crippen LogP contribution in [0.25, 0.3) is 11.5 Å². The van der Waals surface area contributed by atoms with Crippen LogP contribution < -0.4 is 10.2 Å². The van der Waals surface area contributed by atoms with Gasteiger partial charge in [0.05, 0.1) is 5.75 Å². The van der Waals surface area contributed by atoms with Crippen molar-refractivity contribution in [3.8, 4) is 11.5 Å². The first-order chi connectivity index (χ1) is 13.6. The van der Waals surface area contributed by atoms with Crippen LogP contribution in [-0.2, 0) is 4.79 Å². The number of benzene rings is 2. The van der Waals surface area contributed by atoms with Gasteiger partial charge in [-0.1, -0.05) is 47.6 Å². The van der Waals surface area contributed by atoms with Gasteiger partial charge in [0.2, 0.25) is 11.8 Å². The molecule has 0 aliphatic carbocycles. The monoisotopic (exact) mass is 416 g/mol. The van der Waals surface area contributed by atoms with Crippen molar-refractivity contribution in [2.75, 3.05) is 30.8 Å². The molecule has 1 N–H and O–H groups in total. The summed E-state index contributed by atoms with van der Waals surface area (Å²) in [6, 6.07) is 17.3. The van der Waals surface area contributed by atoms with Gasteiger partial charge < -0.3 is 14.6 Å². The van der Waals surface area contributed by atoms with Gasteiger partial charge in [-0.05, 0) is 36.8 Å². The Morgan fingerprint density at radius 3 is 2.79 bits per heavy atom. The molecule has 1 aromatic heterocycles. The van der Waals surface area contributed by atoms with E-state index in [1.165, 1.54) is 11.8 Å². The van der Waals surface area contributed by atoms with Crippen LogP contribution in [0.2, 0.25) is 5.02 Å². The maximum Gasteiger partial charge on any atom is 0.277 e. The number of hydrogen-bond donors (Lipinski definition) is 1. The lowest BCUT2D eigenvalue weighted by Gasteiger charge is -2.19. The molecule has 3 rings (SSSR count). The van der Waals surface area contributed by atoms with Crippen LogP contribution in [0.5, 0.6) is 0 Å². The van der Waals surface area contributed by atoms with Gasteiger partial charge in [0.1, 0.15) is 0 Å². The van der Waals surface area contributed by atoms with E-state index >= 15 is 0 Å². The highest BCUT2D eigenvalue weighted by Gasteiger charge is 2.11. The molecule has 0 saturated heterocycles. The smallest absolute Gasteiger partial charge is 0.277 e. The minimum absolute atomic E-state index is 0.0603. The van der Waals surface area contributed by atoms with Gasteiger partial charge in [-0.3, -0.25) is 4.79 Å². The quantitative estimate of drug-likeness (QED) is 0.418. The lowest BCUT2D eigenvalue weighted by molar-refractivity contribution is -0.118. The van der Waals surface area contributed by atoms with Gasteiger partial charge in [0.25, 0.3) is 5.22 Å². The van der Waals surface area contributed by atoms with Crippen LogP contribution in [-0.4, -0.2) is 42.0 Å². The molecule has 0 aliphatic heterocycles. The molecule has 2 aromatic carbocycles. The number of halogens is 1. The summed E-state index contributed by atoms with van der Waals surface area (Å²) < 4.78 is 5.58. The summed E-state index contributed by atoms with van der Waals surface area (Å²) in [4.78, 5) is 14.2. The number of hydrogen-bond acceptors (Lipinski definition) is 6. The number of nitrogens with one attached hydrogen (secondary N) is 1. The largest absolute Gasteiger partial charge is 0.411 e. The van der Waals surface area contributed by atoms with Crippen molar-refractivity contribution >= 4 is 35.0 Å². The third kappa shape index (κ3) is 6.00. The zero-order valence-corrected chi connectivity index (χ0v) is 17.0. The van der Waals surface area contributed by atoms with E-state index in [0.29, 0.717) is 22.7 Å². The van der Waals surface area contributed by atoms with Crippen molar-refractivity contribution < 1.29 is 9.21 Å². The predicted octanol–water partition coefficient (Wildman–Crippen LogP) is 4.12. The molecule has 1 heterocycles. The fourth-order valence-electron chi connectivity index (χ4n) is 2.54. The summed E-state index contributed by atoms with van der Waals surface area (Å²) in [7, 11) is 2.04. The number of para-hydroxylation sites is 1. The number of thioether (sulfide) groups is 1. The van der Waals surface area contributed by atoms with Gasteiger partial charge in [-0.25, -0.2) is 0 Å². The summed E-state index contributed by atoms with van der Waals surface area (Å²) in [6.45, 7) is 1.48. The Bertz CT molecular complexity index is 904. The molecule has 0 radical (unpaired) electrons. The van der Waals surface area contributed by atoms with Crippen LogP contribution in [0, 0.1) is 0 Å². The van der Waals surface area contributed by atoms with Crippen molar-refractivity contribution in [3.05, 3.63) is 59.6 Å². The van der Waals surface area contributed by atoms with E-state index in [2.05, 4.69) is 32.5 Å². The van der Waals surface area contributed by atoms with Crippen LogP contribution in [0.4, 0.5) is 5.69 Å². The molecule has 0 spiro atoms. The topological polar surface area (TPSA) is 71.3 Å². The average molecular weight is 417 g/mol. The second kappa shape index (κ2) is 10.1. The van der Waals surface area contributed by atoms with Crippen LogP contribution in [0.1, 0.15) is 6.42 Å². The van der Waals surface area contributed by atoms with E-state index < -0.39 is 0 Å². The molecule has 8 heteroatoms. The average Bonchev–Trinajstić information content (AvgIpc) is 3.19. The summed E-state index contributed by atoms with van der Waals surface area (Å²) in [5.41, 5.74) is 1.91. The predicted molar refractivity (Wildman–Crippen MR) is 113 cm³/mol. The number of carbonyl (C=O) groups is 1. The molecule has 3 aromatic rings. The molecule has 28 heavy (non-hydrogen) atoms. The molecular weight excluding hydrogens is 396 g/mol. The number of aromatic nitrogens is 2. The molecule has 0 unspecified atom stereocenters. The first-order valence-electron chi connectivity index (χ1n) is 8.87. The maximum atomic E-state index is 12.0. The zero-order chi connectivity index (χ0) is 19.8. The molecule has 0 fully saturated rings. The zero-order valence-electron chi connectivity index (χ0n) is 15.5. The van der Waals surface area contributed by atoms with Crippen molar-refractivity contribution in [2.45, 2.75) is 11.6 Å². The summed E-state index contributed by atoms with van der Waals surface area (Å²) in [5.74, 6) is 0.551. The van der Waals surface area contributed by atoms with E-state index in [0.717, 1.165) is 24.2 Å². The highest BCUT2D eigenvalue weighted by atomic mass is 35.5. The van der Waals surface area contributed by atoms with E-state index in [-0.39, 0.29) is 11.7 Å². The summed E-state index contributed by atoms with van der Waals surface area (Å²) in [5, 5.41) is 11.8. The Balaban J connectivity index is 1.37. The number of amides is 1. The molecule has 146 valence electrons. The Kier molecular flexibility index (Phi) is 7.33. The Labute approximate surface area is 173 Å². The molecule has 6 nitrogen and oxygen atoms in total. The van der Waals surface area contributed by atoms with Gasteiger partial charge in [0.15, 0.2) is 0 Å². The van der Waals surface area contributed by atoms with Gasteiger partial charge >= 0.3 is 0 Å². The van der Waals surface area contributed by atoms with Crippen LogP contribution in [0.15, 0.2) is 64.2 Å². The fourth-order valence-corrected chi connectivity index (χ4v) is 3.32. The Hall–Kier alpha value is -2.51. The molecular formula is C20H21ClN4O2S. The third-order valence-electron chi connectivity index (χ3n) is 3.99. The maximum absolute atomic E-state index is 12.0. The number of rotatable bonds is 9.